The van der Waals surface area contributed by atoms with E-state index in [2.05, 4.69) is 15.1 Å². The normalized spacial score (nSPS) is 19.4. The van der Waals surface area contributed by atoms with Crippen LogP contribution in [0.1, 0.15) is 25.3 Å². The molecule has 0 radical (unpaired) electrons. The highest BCUT2D eigenvalue weighted by molar-refractivity contribution is 5.81. The van der Waals surface area contributed by atoms with Gasteiger partial charge >= 0.3 is 0 Å². The van der Waals surface area contributed by atoms with Gasteiger partial charge in [0, 0.05) is 45.8 Å². The van der Waals surface area contributed by atoms with E-state index in [-0.39, 0.29) is 17.9 Å². The molecule has 1 aromatic rings. The Kier molecular flexibility index (Phi) is 7.28. The number of likely N-dealkylation sites (tertiary alicyclic amines) is 1. The van der Waals surface area contributed by atoms with Crippen LogP contribution in [0.2, 0.25) is 0 Å². The van der Waals surface area contributed by atoms with Crippen molar-refractivity contribution in [2.24, 2.45) is 0 Å². The van der Waals surface area contributed by atoms with Crippen LogP contribution in [0.25, 0.3) is 0 Å². The predicted octanol–water partition coefficient (Wildman–Crippen LogP) is 0.940. The van der Waals surface area contributed by atoms with E-state index < -0.39 is 0 Å². The molecule has 2 aliphatic rings. The molecule has 7 heteroatoms. The molecule has 2 saturated heterocycles. The molecule has 2 heterocycles. The number of carbonyl (C=O) groups is 2. The maximum absolute atomic E-state index is 12.5. The predicted molar refractivity (Wildman–Crippen MR) is 108 cm³/mol. The van der Waals surface area contributed by atoms with E-state index in [1.165, 1.54) is 0 Å². The number of piperazine rings is 1. The third-order valence-electron chi connectivity index (χ3n) is 5.75. The summed E-state index contributed by atoms with van der Waals surface area (Å²) in [6.45, 7) is 8.02. The van der Waals surface area contributed by atoms with Crippen LogP contribution < -0.4 is 10.1 Å². The van der Waals surface area contributed by atoms with Gasteiger partial charge in [-0.2, -0.15) is 0 Å². The first-order valence-corrected chi connectivity index (χ1v) is 10.2. The highest BCUT2D eigenvalue weighted by Crippen LogP contribution is 2.13. The summed E-state index contributed by atoms with van der Waals surface area (Å²) in [6, 6.07) is 7.54. The van der Waals surface area contributed by atoms with Crippen molar-refractivity contribution in [3.8, 4) is 5.75 Å². The second kappa shape index (κ2) is 9.89. The fourth-order valence-electron chi connectivity index (χ4n) is 3.85. The third kappa shape index (κ3) is 5.45. The lowest BCUT2D eigenvalue weighted by atomic mass is 10.2. The number of nitrogens with one attached hydrogen (secondary N) is 1. The van der Waals surface area contributed by atoms with E-state index in [1.54, 1.807) is 7.11 Å². The Balaban J connectivity index is 1.40. The number of hydrogen-bond acceptors (Lipinski definition) is 5. The van der Waals surface area contributed by atoms with Crippen LogP contribution in [0.5, 0.6) is 5.75 Å². The number of ether oxygens (including phenoxy) is 1. The lowest BCUT2D eigenvalue weighted by Crippen LogP contribution is -2.55. The van der Waals surface area contributed by atoms with Gasteiger partial charge in [0.2, 0.25) is 11.8 Å². The summed E-state index contributed by atoms with van der Waals surface area (Å²) in [5, 5.41) is 3.02. The molecule has 1 unspecified atom stereocenters. The third-order valence-corrected chi connectivity index (χ3v) is 5.75. The van der Waals surface area contributed by atoms with Crippen LogP contribution in [0.3, 0.4) is 0 Å². The number of nitrogens with zero attached hydrogens (tertiary/aromatic N) is 3. The molecular formula is C21H32N4O3. The SMILES string of the molecule is COc1cccc(CNC(=O)C(C)N2CCN(CC(=O)N3CCCC3)CC2)c1. The smallest absolute Gasteiger partial charge is 0.237 e. The molecule has 7 nitrogen and oxygen atoms in total. The molecule has 0 saturated carbocycles. The second-order valence-electron chi connectivity index (χ2n) is 7.65. The maximum Gasteiger partial charge on any atom is 0.237 e. The number of rotatable bonds is 7. The number of methoxy groups -OCH3 is 1. The van der Waals surface area contributed by atoms with Gasteiger partial charge in [-0.3, -0.25) is 19.4 Å². The Morgan fingerprint density at radius 1 is 1.11 bits per heavy atom. The van der Waals surface area contributed by atoms with Gasteiger partial charge in [0.1, 0.15) is 5.75 Å². The van der Waals surface area contributed by atoms with Crippen molar-refractivity contribution in [1.82, 2.24) is 20.0 Å². The molecule has 0 spiro atoms. The van der Waals surface area contributed by atoms with Crippen LogP contribution in [-0.4, -0.2) is 85.5 Å². The second-order valence-corrected chi connectivity index (χ2v) is 7.65. The van der Waals surface area contributed by atoms with Gasteiger partial charge in [0.05, 0.1) is 19.7 Å². The van der Waals surface area contributed by atoms with E-state index in [4.69, 9.17) is 4.74 Å². The van der Waals surface area contributed by atoms with Crippen LogP contribution in [0.4, 0.5) is 0 Å². The fraction of sp³-hybridized carbons (Fsp3) is 0.619. The van der Waals surface area contributed by atoms with E-state index in [0.717, 1.165) is 63.4 Å². The van der Waals surface area contributed by atoms with Gasteiger partial charge in [0.15, 0.2) is 0 Å². The number of carbonyl (C=O) groups excluding carboxylic acids is 2. The molecule has 3 rings (SSSR count). The van der Waals surface area contributed by atoms with Crippen LogP contribution in [0.15, 0.2) is 24.3 Å². The summed E-state index contributed by atoms with van der Waals surface area (Å²) in [7, 11) is 1.64. The van der Waals surface area contributed by atoms with Crippen molar-refractivity contribution in [3.63, 3.8) is 0 Å². The molecule has 0 aliphatic carbocycles. The minimum atomic E-state index is -0.179. The molecule has 154 valence electrons. The Morgan fingerprint density at radius 2 is 1.82 bits per heavy atom. The van der Waals surface area contributed by atoms with Crippen molar-refractivity contribution in [3.05, 3.63) is 29.8 Å². The van der Waals surface area contributed by atoms with Crippen LogP contribution >= 0.6 is 0 Å². The lowest BCUT2D eigenvalue weighted by Gasteiger charge is -2.37. The van der Waals surface area contributed by atoms with Crippen LogP contribution in [0, 0.1) is 0 Å². The monoisotopic (exact) mass is 388 g/mol. The van der Waals surface area contributed by atoms with Crippen molar-refractivity contribution >= 4 is 11.8 Å². The minimum absolute atomic E-state index is 0.0319. The van der Waals surface area contributed by atoms with Crippen molar-refractivity contribution in [2.75, 3.05) is 52.9 Å². The lowest BCUT2D eigenvalue weighted by molar-refractivity contribution is -0.133. The number of benzene rings is 1. The summed E-state index contributed by atoms with van der Waals surface area (Å²) in [5.41, 5.74) is 1.02. The minimum Gasteiger partial charge on any atom is -0.497 e. The summed E-state index contributed by atoms with van der Waals surface area (Å²) in [6.07, 6.45) is 2.25. The zero-order valence-electron chi connectivity index (χ0n) is 17.0. The standard InChI is InChI=1S/C21H32N4O3/c1-17(21(27)22-15-18-6-5-7-19(14-18)28-2)24-12-10-23(11-13-24)16-20(26)25-8-3-4-9-25/h5-7,14,17H,3-4,8-13,15-16H2,1-2H3,(H,22,27). The number of hydrogen-bond donors (Lipinski definition) is 1. The Hall–Kier alpha value is -2.12. The van der Waals surface area contributed by atoms with Crippen molar-refractivity contribution in [2.45, 2.75) is 32.4 Å². The molecule has 1 aromatic carbocycles. The summed E-state index contributed by atoms with van der Waals surface area (Å²) in [4.78, 5) is 31.2. The van der Waals surface area contributed by atoms with Gasteiger partial charge in [-0.05, 0) is 37.5 Å². The van der Waals surface area contributed by atoms with Crippen molar-refractivity contribution < 1.29 is 14.3 Å². The van der Waals surface area contributed by atoms with Gasteiger partial charge in [-0.15, -0.1) is 0 Å². The van der Waals surface area contributed by atoms with Crippen molar-refractivity contribution in [1.29, 1.82) is 0 Å². The number of amides is 2. The highest BCUT2D eigenvalue weighted by Gasteiger charge is 2.27. The Bertz CT molecular complexity index is 667. The van der Waals surface area contributed by atoms with E-state index >= 15 is 0 Å². The van der Waals surface area contributed by atoms with Gasteiger partial charge in [-0.1, -0.05) is 12.1 Å². The van der Waals surface area contributed by atoms with Gasteiger partial charge < -0.3 is 15.0 Å². The molecule has 2 fully saturated rings. The quantitative estimate of drug-likeness (QED) is 0.753. The van der Waals surface area contributed by atoms with Gasteiger partial charge in [-0.25, -0.2) is 0 Å². The zero-order valence-corrected chi connectivity index (χ0v) is 17.0. The zero-order chi connectivity index (χ0) is 19.9. The maximum atomic E-state index is 12.5. The first-order valence-electron chi connectivity index (χ1n) is 10.2. The molecule has 2 aliphatic heterocycles. The van der Waals surface area contributed by atoms with E-state index in [0.29, 0.717) is 13.1 Å². The molecule has 2 amide bonds. The molecule has 28 heavy (non-hydrogen) atoms. The topological polar surface area (TPSA) is 65.1 Å². The summed E-state index contributed by atoms with van der Waals surface area (Å²) in [5.74, 6) is 1.07. The first-order chi connectivity index (χ1) is 13.6. The molecule has 1 N–H and O–H groups in total. The van der Waals surface area contributed by atoms with Gasteiger partial charge in [0.25, 0.3) is 0 Å². The Labute approximate surface area is 167 Å². The summed E-state index contributed by atoms with van der Waals surface area (Å²) >= 11 is 0. The largest absolute Gasteiger partial charge is 0.497 e. The average Bonchev–Trinajstić information content (AvgIpc) is 3.27. The first kappa shape index (κ1) is 20.6. The van der Waals surface area contributed by atoms with E-state index in [9.17, 15) is 9.59 Å². The molecule has 0 aromatic heterocycles. The fourth-order valence-corrected chi connectivity index (χ4v) is 3.85. The highest BCUT2D eigenvalue weighted by atomic mass is 16.5. The Morgan fingerprint density at radius 3 is 2.50 bits per heavy atom. The summed E-state index contributed by atoms with van der Waals surface area (Å²) < 4.78 is 5.22. The molecular weight excluding hydrogens is 356 g/mol. The molecule has 0 bridgehead atoms. The van der Waals surface area contributed by atoms with E-state index in [1.807, 2.05) is 36.1 Å². The molecule has 1 atom stereocenters. The average molecular weight is 389 g/mol. The van der Waals surface area contributed by atoms with Crippen LogP contribution in [-0.2, 0) is 16.1 Å².